The van der Waals surface area contributed by atoms with Crippen LogP contribution in [0.2, 0.25) is 0 Å². The molecule has 3 N–H and O–H groups in total. The summed E-state index contributed by atoms with van der Waals surface area (Å²) >= 11 is 0. The minimum absolute atomic E-state index is 0.788. The van der Waals surface area contributed by atoms with Crippen molar-refractivity contribution in [2.24, 2.45) is 5.84 Å². The van der Waals surface area contributed by atoms with Crippen LogP contribution in [0, 0.1) is 0 Å². The number of anilines is 3. The van der Waals surface area contributed by atoms with Crippen LogP contribution < -0.4 is 25.9 Å². The standard InChI is InChI=1S/C16H30N10/c1-22-6-8-24(9-7-22)15-19-14(23-4-2-18-3-5-23)20-16(21-15)25-10-12-26(17)13-11-25/h18H,2-13,17H2,1H3. The highest BCUT2D eigenvalue weighted by atomic mass is 15.5. The van der Waals surface area contributed by atoms with Gasteiger partial charge >= 0.3 is 0 Å². The average molecular weight is 362 g/mol. The topological polar surface area (TPSA) is 92.9 Å². The normalized spacial score (nSPS) is 23.5. The molecular weight excluding hydrogens is 332 g/mol. The molecule has 0 aliphatic carbocycles. The van der Waals surface area contributed by atoms with E-state index in [4.69, 9.17) is 20.8 Å². The average Bonchev–Trinajstić information content (AvgIpc) is 2.69. The molecule has 0 bridgehead atoms. The van der Waals surface area contributed by atoms with Gasteiger partial charge in [0.25, 0.3) is 0 Å². The Balaban J connectivity index is 1.60. The zero-order chi connectivity index (χ0) is 17.9. The minimum Gasteiger partial charge on any atom is -0.338 e. The van der Waals surface area contributed by atoms with E-state index >= 15 is 0 Å². The highest BCUT2D eigenvalue weighted by Gasteiger charge is 2.24. The second-order valence-corrected chi connectivity index (χ2v) is 7.29. The zero-order valence-corrected chi connectivity index (χ0v) is 15.6. The number of nitrogens with one attached hydrogen (secondary N) is 1. The van der Waals surface area contributed by atoms with E-state index in [1.165, 1.54) is 0 Å². The zero-order valence-electron chi connectivity index (χ0n) is 15.6. The number of likely N-dealkylation sites (N-methyl/N-ethyl adjacent to an activating group) is 1. The van der Waals surface area contributed by atoms with Crippen molar-refractivity contribution >= 4 is 17.8 Å². The Morgan fingerprint density at radius 3 is 1.58 bits per heavy atom. The maximum absolute atomic E-state index is 5.91. The maximum atomic E-state index is 5.91. The van der Waals surface area contributed by atoms with Crippen molar-refractivity contribution in [2.45, 2.75) is 0 Å². The van der Waals surface area contributed by atoms with E-state index in [9.17, 15) is 0 Å². The van der Waals surface area contributed by atoms with Crippen molar-refractivity contribution in [1.82, 2.24) is 30.2 Å². The van der Waals surface area contributed by atoms with Gasteiger partial charge < -0.3 is 24.9 Å². The highest BCUT2D eigenvalue weighted by molar-refractivity contribution is 5.47. The summed E-state index contributed by atoms with van der Waals surface area (Å²) in [5.41, 5.74) is 0. The van der Waals surface area contributed by atoms with Crippen LogP contribution in [0.1, 0.15) is 0 Å². The molecule has 3 aliphatic heterocycles. The van der Waals surface area contributed by atoms with E-state index in [0.717, 1.165) is 96.4 Å². The summed E-state index contributed by atoms with van der Waals surface area (Å²) in [7, 11) is 2.16. The van der Waals surface area contributed by atoms with Crippen molar-refractivity contribution in [3.63, 3.8) is 0 Å². The Bertz CT molecular complexity index is 548. The lowest BCUT2D eigenvalue weighted by atomic mass is 10.3. The van der Waals surface area contributed by atoms with Crippen LogP contribution in [0.3, 0.4) is 0 Å². The molecule has 0 saturated carbocycles. The lowest BCUT2D eigenvalue weighted by Gasteiger charge is -2.35. The molecule has 0 spiro atoms. The van der Waals surface area contributed by atoms with E-state index in [2.05, 4.69) is 32.0 Å². The van der Waals surface area contributed by atoms with Crippen LogP contribution >= 0.6 is 0 Å². The summed E-state index contributed by atoms with van der Waals surface area (Å²) in [5.74, 6) is 8.31. The van der Waals surface area contributed by atoms with Crippen LogP contribution in [-0.2, 0) is 0 Å². The third kappa shape index (κ3) is 3.98. The molecule has 10 nitrogen and oxygen atoms in total. The third-order valence-corrected chi connectivity index (χ3v) is 5.38. The Kier molecular flexibility index (Phi) is 5.34. The van der Waals surface area contributed by atoms with Crippen molar-refractivity contribution in [2.75, 3.05) is 100 Å². The molecule has 1 aromatic rings. The minimum atomic E-state index is 0.788. The summed E-state index contributed by atoms with van der Waals surface area (Å²) in [4.78, 5) is 23.6. The molecule has 3 fully saturated rings. The number of hydrazine groups is 1. The Morgan fingerprint density at radius 2 is 1.08 bits per heavy atom. The molecule has 0 amide bonds. The molecule has 4 heterocycles. The molecule has 4 rings (SSSR count). The van der Waals surface area contributed by atoms with Crippen LogP contribution in [0.15, 0.2) is 0 Å². The molecule has 10 heteroatoms. The molecular formula is C16H30N10. The predicted octanol–water partition coefficient (Wildman–Crippen LogP) is -1.97. The Morgan fingerprint density at radius 1 is 0.654 bits per heavy atom. The fourth-order valence-corrected chi connectivity index (χ4v) is 3.56. The fourth-order valence-electron chi connectivity index (χ4n) is 3.56. The third-order valence-electron chi connectivity index (χ3n) is 5.38. The largest absolute Gasteiger partial charge is 0.338 e. The maximum Gasteiger partial charge on any atom is 0.232 e. The van der Waals surface area contributed by atoms with E-state index in [1.807, 2.05) is 5.01 Å². The number of hydrogen-bond acceptors (Lipinski definition) is 10. The molecule has 0 atom stereocenters. The number of aromatic nitrogens is 3. The first kappa shape index (κ1) is 17.7. The second kappa shape index (κ2) is 7.87. The van der Waals surface area contributed by atoms with Crippen molar-refractivity contribution < 1.29 is 0 Å². The van der Waals surface area contributed by atoms with E-state index in [1.54, 1.807) is 0 Å². The van der Waals surface area contributed by atoms with Crippen LogP contribution in [0.5, 0.6) is 0 Å². The van der Waals surface area contributed by atoms with Crippen LogP contribution in [-0.4, -0.2) is 110 Å². The van der Waals surface area contributed by atoms with Crippen molar-refractivity contribution in [3.8, 4) is 0 Å². The summed E-state index contributed by atoms with van der Waals surface area (Å²) in [5, 5.41) is 5.25. The molecule has 26 heavy (non-hydrogen) atoms. The van der Waals surface area contributed by atoms with Gasteiger partial charge in [-0.1, -0.05) is 0 Å². The molecule has 0 aromatic carbocycles. The quantitative estimate of drug-likeness (QED) is 0.590. The molecule has 1 aromatic heterocycles. The van der Waals surface area contributed by atoms with Gasteiger partial charge in [-0.15, -0.1) is 0 Å². The van der Waals surface area contributed by atoms with E-state index in [0.29, 0.717) is 0 Å². The Labute approximate surface area is 154 Å². The number of rotatable bonds is 3. The summed E-state index contributed by atoms with van der Waals surface area (Å²) in [6.07, 6.45) is 0. The number of nitrogens with zero attached hydrogens (tertiary/aromatic N) is 8. The van der Waals surface area contributed by atoms with Crippen molar-refractivity contribution in [1.29, 1.82) is 0 Å². The summed E-state index contributed by atoms with van der Waals surface area (Å²) in [6.45, 7) is 11.2. The predicted molar refractivity (Wildman–Crippen MR) is 103 cm³/mol. The number of hydrogen-bond donors (Lipinski definition) is 2. The summed E-state index contributed by atoms with van der Waals surface area (Å²) in [6, 6.07) is 0. The molecule has 3 saturated heterocycles. The van der Waals surface area contributed by atoms with Gasteiger partial charge in [-0.2, -0.15) is 15.0 Å². The first-order valence-electron chi connectivity index (χ1n) is 9.59. The first-order valence-corrected chi connectivity index (χ1v) is 9.59. The van der Waals surface area contributed by atoms with Gasteiger partial charge in [0.05, 0.1) is 0 Å². The summed E-state index contributed by atoms with van der Waals surface area (Å²) < 4.78 is 0. The SMILES string of the molecule is CN1CCN(c2nc(N3CCNCC3)nc(N3CCN(N)CC3)n2)CC1. The molecule has 0 unspecified atom stereocenters. The van der Waals surface area contributed by atoms with Gasteiger partial charge in [-0.3, -0.25) is 5.84 Å². The molecule has 3 aliphatic rings. The van der Waals surface area contributed by atoms with Gasteiger partial charge in [0.15, 0.2) is 0 Å². The lowest BCUT2D eigenvalue weighted by Crippen LogP contribution is -2.50. The van der Waals surface area contributed by atoms with Gasteiger partial charge in [-0.25, -0.2) is 5.01 Å². The van der Waals surface area contributed by atoms with E-state index in [-0.39, 0.29) is 0 Å². The highest BCUT2D eigenvalue weighted by Crippen LogP contribution is 2.21. The van der Waals surface area contributed by atoms with Gasteiger partial charge in [0, 0.05) is 78.5 Å². The van der Waals surface area contributed by atoms with Crippen LogP contribution in [0.25, 0.3) is 0 Å². The first-order chi connectivity index (χ1) is 12.7. The fraction of sp³-hybridized carbons (Fsp3) is 0.812. The lowest BCUT2D eigenvalue weighted by molar-refractivity contribution is 0.265. The van der Waals surface area contributed by atoms with Crippen LogP contribution in [0.4, 0.5) is 17.8 Å². The van der Waals surface area contributed by atoms with Gasteiger partial charge in [0.1, 0.15) is 0 Å². The number of piperazine rings is 3. The van der Waals surface area contributed by atoms with Crippen molar-refractivity contribution in [3.05, 3.63) is 0 Å². The Hall–Kier alpha value is -1.75. The monoisotopic (exact) mass is 362 g/mol. The molecule has 0 radical (unpaired) electrons. The van der Waals surface area contributed by atoms with Gasteiger partial charge in [-0.05, 0) is 7.05 Å². The molecule has 144 valence electrons. The number of nitrogens with two attached hydrogens (primary N) is 1. The van der Waals surface area contributed by atoms with E-state index < -0.39 is 0 Å². The second-order valence-electron chi connectivity index (χ2n) is 7.29. The smallest absolute Gasteiger partial charge is 0.232 e. The van der Waals surface area contributed by atoms with Gasteiger partial charge in [0.2, 0.25) is 17.8 Å².